The van der Waals surface area contributed by atoms with Crippen molar-refractivity contribution in [3.8, 4) is 0 Å². The average molecular weight is 482 g/mol. The van der Waals surface area contributed by atoms with Crippen LogP contribution in [0.2, 0.25) is 0 Å². The van der Waals surface area contributed by atoms with E-state index >= 15 is 0 Å². The Labute approximate surface area is 191 Å². The van der Waals surface area contributed by atoms with Crippen molar-refractivity contribution >= 4 is 33.2 Å². The number of sulfonamides is 1. The van der Waals surface area contributed by atoms with Gasteiger partial charge in [-0.3, -0.25) is 4.79 Å². The summed E-state index contributed by atoms with van der Waals surface area (Å²) in [6.07, 6.45) is 1.91. The largest absolute Gasteiger partial charge is 0.465 e. The first kappa shape index (κ1) is 23.0. The zero-order valence-corrected chi connectivity index (χ0v) is 20.0. The summed E-state index contributed by atoms with van der Waals surface area (Å²) in [5.41, 5.74) is 3.01. The molecule has 2 aliphatic heterocycles. The van der Waals surface area contributed by atoms with Gasteiger partial charge in [0.15, 0.2) is 0 Å². The average Bonchev–Trinajstić information content (AvgIpc) is 3.49. The number of thiophene rings is 1. The van der Waals surface area contributed by atoms with E-state index in [9.17, 15) is 18.0 Å². The maximum atomic E-state index is 13.1. The minimum absolute atomic E-state index is 0.0615. The zero-order chi connectivity index (χ0) is 23.0. The highest BCUT2D eigenvalue weighted by Crippen LogP contribution is 2.37. The standard InChI is InChI=1S/C21H27N3O6S2/c1-12-9-13(2)23-18(12)19(25)24-7-6-15-16(11-24)31-21(17(15)20(26)29-3)32(27,28)22-10-14-5-4-8-30-14/h9,14,22-23H,4-8,10-11H2,1-3H3. The fraction of sp³-hybridized carbons (Fsp3) is 0.524. The summed E-state index contributed by atoms with van der Waals surface area (Å²) in [6, 6.07) is 1.91. The summed E-state index contributed by atoms with van der Waals surface area (Å²) in [5, 5.41) is 0. The molecule has 4 rings (SSSR count). The number of H-pyrrole nitrogens is 1. The van der Waals surface area contributed by atoms with Crippen LogP contribution in [0.25, 0.3) is 0 Å². The number of hydrogen-bond donors (Lipinski definition) is 2. The van der Waals surface area contributed by atoms with Crippen molar-refractivity contribution in [2.75, 3.05) is 26.8 Å². The van der Waals surface area contributed by atoms with Crippen LogP contribution in [0.1, 0.15) is 55.4 Å². The molecular weight excluding hydrogens is 454 g/mol. The van der Waals surface area contributed by atoms with Gasteiger partial charge in [0.25, 0.3) is 15.9 Å². The van der Waals surface area contributed by atoms with E-state index in [1.54, 1.807) is 4.90 Å². The minimum atomic E-state index is -3.94. The third-order valence-electron chi connectivity index (χ3n) is 5.83. The molecular formula is C21H27N3O6S2. The minimum Gasteiger partial charge on any atom is -0.465 e. The van der Waals surface area contributed by atoms with Crippen molar-refractivity contribution in [1.82, 2.24) is 14.6 Å². The maximum absolute atomic E-state index is 13.1. The highest BCUT2D eigenvalue weighted by molar-refractivity contribution is 7.91. The quantitative estimate of drug-likeness (QED) is 0.611. The lowest BCUT2D eigenvalue weighted by molar-refractivity contribution is 0.0595. The summed E-state index contributed by atoms with van der Waals surface area (Å²) in [7, 11) is -2.71. The molecule has 1 saturated heterocycles. The van der Waals surface area contributed by atoms with Gasteiger partial charge in [0.2, 0.25) is 0 Å². The molecule has 2 aromatic rings. The Morgan fingerprint density at radius 3 is 2.78 bits per heavy atom. The SMILES string of the molecule is COC(=O)c1c(S(=O)(=O)NCC2CCCO2)sc2c1CCN(C(=O)c1[nH]c(C)cc1C)C2. The Bertz CT molecular complexity index is 1140. The van der Waals surface area contributed by atoms with Crippen molar-refractivity contribution in [3.05, 3.63) is 39.0 Å². The number of nitrogens with one attached hydrogen (secondary N) is 2. The fourth-order valence-electron chi connectivity index (χ4n) is 4.23. The van der Waals surface area contributed by atoms with Gasteiger partial charge in [-0.05, 0) is 50.3 Å². The molecule has 1 amide bonds. The number of fused-ring (bicyclic) bond motifs is 1. The highest BCUT2D eigenvalue weighted by Gasteiger charge is 2.36. The Kier molecular flexibility index (Phi) is 6.44. The van der Waals surface area contributed by atoms with Crippen LogP contribution in [0, 0.1) is 13.8 Å². The number of methoxy groups -OCH3 is 1. The maximum Gasteiger partial charge on any atom is 0.340 e. The van der Waals surface area contributed by atoms with E-state index in [0.29, 0.717) is 35.7 Å². The van der Waals surface area contributed by atoms with E-state index in [-0.39, 0.29) is 34.9 Å². The molecule has 32 heavy (non-hydrogen) atoms. The number of aryl methyl sites for hydroxylation is 2. The molecule has 1 fully saturated rings. The third kappa shape index (κ3) is 4.34. The van der Waals surface area contributed by atoms with Gasteiger partial charge in [-0.25, -0.2) is 17.9 Å². The van der Waals surface area contributed by atoms with Gasteiger partial charge in [0.1, 0.15) is 9.90 Å². The predicted molar refractivity (Wildman–Crippen MR) is 119 cm³/mol. The zero-order valence-electron chi connectivity index (χ0n) is 18.3. The summed E-state index contributed by atoms with van der Waals surface area (Å²) >= 11 is 1.02. The lowest BCUT2D eigenvalue weighted by atomic mass is 10.0. The van der Waals surface area contributed by atoms with E-state index in [4.69, 9.17) is 9.47 Å². The molecule has 1 atom stereocenters. The number of carbonyl (C=O) groups excluding carboxylic acids is 2. The van der Waals surface area contributed by atoms with E-state index in [1.165, 1.54) is 7.11 Å². The van der Waals surface area contributed by atoms with Crippen LogP contribution < -0.4 is 4.72 Å². The summed E-state index contributed by atoms with van der Waals surface area (Å²) in [4.78, 5) is 31.0. The first-order valence-electron chi connectivity index (χ1n) is 10.5. The summed E-state index contributed by atoms with van der Waals surface area (Å²) in [6.45, 7) is 5.16. The third-order valence-corrected chi connectivity index (χ3v) is 8.99. The number of hydrogen-bond acceptors (Lipinski definition) is 7. The van der Waals surface area contributed by atoms with Gasteiger partial charge in [-0.1, -0.05) is 0 Å². The summed E-state index contributed by atoms with van der Waals surface area (Å²) < 4.78 is 39.1. The highest BCUT2D eigenvalue weighted by atomic mass is 32.2. The number of rotatable bonds is 6. The van der Waals surface area contributed by atoms with Crippen molar-refractivity contribution in [2.24, 2.45) is 0 Å². The molecule has 2 aliphatic rings. The Morgan fingerprint density at radius 2 is 2.16 bits per heavy atom. The number of aromatic nitrogens is 1. The Balaban J connectivity index is 1.62. The molecule has 0 saturated carbocycles. The first-order chi connectivity index (χ1) is 15.2. The second-order valence-electron chi connectivity index (χ2n) is 8.13. The van der Waals surface area contributed by atoms with Crippen molar-refractivity contribution in [3.63, 3.8) is 0 Å². The Hall–Kier alpha value is -2.21. The van der Waals surface area contributed by atoms with Gasteiger partial charge in [0, 0.05) is 30.3 Å². The molecule has 11 heteroatoms. The van der Waals surface area contributed by atoms with Gasteiger partial charge in [0.05, 0.1) is 25.3 Å². The van der Waals surface area contributed by atoms with Gasteiger partial charge in [-0.2, -0.15) is 0 Å². The molecule has 0 aliphatic carbocycles. The molecule has 2 aromatic heterocycles. The van der Waals surface area contributed by atoms with Crippen LogP contribution in [0.5, 0.6) is 0 Å². The monoisotopic (exact) mass is 481 g/mol. The molecule has 1 unspecified atom stereocenters. The van der Waals surface area contributed by atoms with Crippen LogP contribution in [0.3, 0.4) is 0 Å². The molecule has 0 spiro atoms. The van der Waals surface area contributed by atoms with Gasteiger partial charge < -0.3 is 19.4 Å². The summed E-state index contributed by atoms with van der Waals surface area (Å²) in [5.74, 6) is -0.828. The lowest BCUT2D eigenvalue weighted by Gasteiger charge is -2.27. The van der Waals surface area contributed by atoms with E-state index in [0.717, 1.165) is 35.4 Å². The number of carbonyl (C=O) groups is 2. The van der Waals surface area contributed by atoms with Crippen LogP contribution in [-0.4, -0.2) is 63.1 Å². The van der Waals surface area contributed by atoms with Crippen LogP contribution >= 0.6 is 11.3 Å². The van der Waals surface area contributed by atoms with Crippen molar-refractivity contribution in [1.29, 1.82) is 0 Å². The number of esters is 1. The molecule has 174 valence electrons. The van der Waals surface area contributed by atoms with Crippen molar-refractivity contribution in [2.45, 2.75) is 50.0 Å². The van der Waals surface area contributed by atoms with Crippen LogP contribution in [-0.2, 0) is 32.5 Å². The number of amides is 1. The number of ether oxygens (including phenoxy) is 2. The van der Waals surface area contributed by atoms with Crippen LogP contribution in [0.15, 0.2) is 10.3 Å². The lowest BCUT2D eigenvalue weighted by Crippen LogP contribution is -2.36. The number of nitrogens with zero attached hydrogens (tertiary/aromatic N) is 1. The van der Waals surface area contributed by atoms with Gasteiger partial charge in [-0.15, -0.1) is 11.3 Å². The molecule has 9 nitrogen and oxygen atoms in total. The van der Waals surface area contributed by atoms with Gasteiger partial charge >= 0.3 is 5.97 Å². The smallest absolute Gasteiger partial charge is 0.340 e. The van der Waals surface area contributed by atoms with Crippen LogP contribution in [0.4, 0.5) is 0 Å². The normalized spacial score (nSPS) is 18.6. The fourth-order valence-corrected chi connectivity index (χ4v) is 7.24. The van der Waals surface area contributed by atoms with E-state index in [2.05, 4.69) is 9.71 Å². The molecule has 0 aromatic carbocycles. The Morgan fingerprint density at radius 1 is 1.38 bits per heavy atom. The first-order valence-corrected chi connectivity index (χ1v) is 12.8. The van der Waals surface area contributed by atoms with Crippen molar-refractivity contribution < 1.29 is 27.5 Å². The molecule has 0 bridgehead atoms. The number of aromatic amines is 1. The topological polar surface area (TPSA) is 118 Å². The second-order valence-corrected chi connectivity index (χ2v) is 11.2. The predicted octanol–water partition coefficient (Wildman–Crippen LogP) is 2.14. The molecule has 4 heterocycles. The molecule has 0 radical (unpaired) electrons. The molecule has 2 N–H and O–H groups in total. The second kappa shape index (κ2) is 8.97. The van der Waals surface area contributed by atoms with E-state index in [1.807, 2.05) is 19.9 Å². The van der Waals surface area contributed by atoms with E-state index < -0.39 is 16.0 Å².